The number of aryl methyl sites for hydroxylation is 1. The van der Waals surface area contributed by atoms with Gasteiger partial charge in [0.15, 0.2) is 5.82 Å². The third-order valence-corrected chi connectivity index (χ3v) is 3.05. The third kappa shape index (κ3) is 2.89. The number of aromatic nitrogens is 3. The van der Waals surface area contributed by atoms with E-state index in [2.05, 4.69) is 22.8 Å². The number of hydrogen-bond donors (Lipinski definition) is 0. The predicted octanol–water partition coefficient (Wildman–Crippen LogP) is 2.86. The molecule has 0 N–H and O–H groups in total. The predicted molar refractivity (Wildman–Crippen MR) is 74.3 cm³/mol. The number of rotatable bonds is 5. The number of unbranched alkanes of at least 4 members (excludes halogenated alkanes) is 1. The van der Waals surface area contributed by atoms with Crippen molar-refractivity contribution in [1.82, 2.24) is 14.8 Å². The minimum absolute atomic E-state index is 0.650. The molecule has 0 amide bonds. The molecular formula is C15H16N4. The van der Waals surface area contributed by atoms with Crippen LogP contribution in [0.1, 0.15) is 24.2 Å². The van der Waals surface area contributed by atoms with Crippen LogP contribution in [-0.2, 0) is 13.5 Å². The molecule has 4 nitrogen and oxygen atoms in total. The van der Waals surface area contributed by atoms with Crippen molar-refractivity contribution >= 4 is 0 Å². The average Bonchev–Trinajstić information content (AvgIpc) is 2.81. The van der Waals surface area contributed by atoms with Gasteiger partial charge < -0.3 is 4.57 Å². The number of hydrogen-bond acceptors (Lipinski definition) is 3. The Labute approximate surface area is 113 Å². The van der Waals surface area contributed by atoms with Gasteiger partial charge in [-0.15, -0.1) is 16.8 Å². The summed E-state index contributed by atoms with van der Waals surface area (Å²) >= 11 is 0. The molecule has 96 valence electrons. The van der Waals surface area contributed by atoms with E-state index in [1.165, 1.54) is 0 Å². The molecule has 0 saturated heterocycles. The minimum atomic E-state index is 0.650. The van der Waals surface area contributed by atoms with Crippen molar-refractivity contribution < 1.29 is 0 Å². The van der Waals surface area contributed by atoms with Crippen LogP contribution < -0.4 is 0 Å². The van der Waals surface area contributed by atoms with E-state index < -0.39 is 0 Å². The van der Waals surface area contributed by atoms with Crippen molar-refractivity contribution in [2.24, 2.45) is 7.05 Å². The average molecular weight is 252 g/mol. The second kappa shape index (κ2) is 5.96. The maximum absolute atomic E-state index is 8.79. The van der Waals surface area contributed by atoms with Crippen molar-refractivity contribution in [3.05, 3.63) is 48.3 Å². The SMILES string of the molecule is C=CCCCc1nnc(-c2ccc(C#N)cc2)n1C. The summed E-state index contributed by atoms with van der Waals surface area (Å²) in [5, 5.41) is 17.2. The Balaban J connectivity index is 2.20. The molecule has 2 rings (SSSR count). The molecule has 1 aromatic carbocycles. The summed E-state index contributed by atoms with van der Waals surface area (Å²) in [5.41, 5.74) is 1.63. The van der Waals surface area contributed by atoms with Crippen molar-refractivity contribution in [2.45, 2.75) is 19.3 Å². The lowest BCUT2D eigenvalue weighted by molar-refractivity contribution is 0.733. The molecule has 0 fully saturated rings. The first-order valence-corrected chi connectivity index (χ1v) is 6.26. The Bertz CT molecular complexity index is 602. The van der Waals surface area contributed by atoms with Gasteiger partial charge in [0.05, 0.1) is 11.6 Å². The van der Waals surface area contributed by atoms with E-state index in [4.69, 9.17) is 5.26 Å². The van der Waals surface area contributed by atoms with Crippen LogP contribution in [-0.4, -0.2) is 14.8 Å². The third-order valence-electron chi connectivity index (χ3n) is 3.05. The quantitative estimate of drug-likeness (QED) is 0.607. The van der Waals surface area contributed by atoms with Gasteiger partial charge in [-0.3, -0.25) is 0 Å². The fraction of sp³-hybridized carbons (Fsp3) is 0.267. The standard InChI is InChI=1S/C15H16N4/c1-3-4-5-6-14-17-18-15(19(14)2)13-9-7-12(11-16)8-10-13/h3,7-10H,1,4-6H2,2H3. The molecule has 0 bridgehead atoms. The zero-order chi connectivity index (χ0) is 13.7. The van der Waals surface area contributed by atoms with Crippen LogP contribution in [0.25, 0.3) is 11.4 Å². The highest BCUT2D eigenvalue weighted by atomic mass is 15.3. The molecule has 0 atom stereocenters. The molecule has 4 heteroatoms. The van der Waals surface area contributed by atoms with Gasteiger partial charge in [-0.2, -0.15) is 5.26 Å². The van der Waals surface area contributed by atoms with E-state index in [1.807, 2.05) is 29.8 Å². The molecule has 0 aliphatic rings. The van der Waals surface area contributed by atoms with Gasteiger partial charge in [0.1, 0.15) is 5.82 Å². The van der Waals surface area contributed by atoms with Gasteiger partial charge in [-0.1, -0.05) is 6.08 Å². The smallest absolute Gasteiger partial charge is 0.163 e. The maximum atomic E-state index is 8.79. The first-order valence-electron chi connectivity index (χ1n) is 6.26. The zero-order valence-electron chi connectivity index (χ0n) is 11.0. The second-order valence-corrected chi connectivity index (χ2v) is 4.37. The molecule has 1 heterocycles. The molecule has 0 aliphatic heterocycles. The summed E-state index contributed by atoms with van der Waals surface area (Å²) < 4.78 is 2.00. The number of benzene rings is 1. The van der Waals surface area contributed by atoms with Crippen LogP contribution in [0.15, 0.2) is 36.9 Å². The Kier molecular flexibility index (Phi) is 4.09. The topological polar surface area (TPSA) is 54.5 Å². The molecule has 0 radical (unpaired) electrons. The van der Waals surface area contributed by atoms with Gasteiger partial charge in [0, 0.05) is 19.0 Å². The Morgan fingerprint density at radius 2 is 2.05 bits per heavy atom. The van der Waals surface area contributed by atoms with E-state index in [9.17, 15) is 0 Å². The number of nitriles is 1. The van der Waals surface area contributed by atoms with E-state index in [1.54, 1.807) is 12.1 Å². The zero-order valence-corrected chi connectivity index (χ0v) is 11.0. The fourth-order valence-corrected chi connectivity index (χ4v) is 1.93. The van der Waals surface area contributed by atoms with E-state index >= 15 is 0 Å². The summed E-state index contributed by atoms with van der Waals surface area (Å²) in [4.78, 5) is 0. The highest BCUT2D eigenvalue weighted by Crippen LogP contribution is 2.18. The lowest BCUT2D eigenvalue weighted by Gasteiger charge is -2.03. The summed E-state index contributed by atoms with van der Waals surface area (Å²) in [7, 11) is 1.97. The summed E-state index contributed by atoms with van der Waals surface area (Å²) in [5.74, 6) is 1.80. The van der Waals surface area contributed by atoms with Crippen molar-refractivity contribution in [3.63, 3.8) is 0 Å². The van der Waals surface area contributed by atoms with Gasteiger partial charge in [0.25, 0.3) is 0 Å². The molecular weight excluding hydrogens is 236 g/mol. The van der Waals surface area contributed by atoms with Gasteiger partial charge in [-0.25, -0.2) is 0 Å². The largest absolute Gasteiger partial charge is 0.314 e. The molecule has 0 spiro atoms. The van der Waals surface area contributed by atoms with E-state index in [0.29, 0.717) is 5.56 Å². The van der Waals surface area contributed by atoms with Crippen molar-refractivity contribution in [2.75, 3.05) is 0 Å². The minimum Gasteiger partial charge on any atom is -0.314 e. The highest BCUT2D eigenvalue weighted by molar-refractivity contribution is 5.56. The van der Waals surface area contributed by atoms with Gasteiger partial charge in [0.2, 0.25) is 0 Å². The molecule has 0 aliphatic carbocycles. The Hall–Kier alpha value is -2.41. The van der Waals surface area contributed by atoms with Gasteiger partial charge in [-0.05, 0) is 37.1 Å². The second-order valence-electron chi connectivity index (χ2n) is 4.37. The molecule has 0 saturated carbocycles. The van der Waals surface area contributed by atoms with Crippen LogP contribution in [0.4, 0.5) is 0 Å². The lowest BCUT2D eigenvalue weighted by Crippen LogP contribution is -1.99. The van der Waals surface area contributed by atoms with Crippen LogP contribution in [0.2, 0.25) is 0 Å². The number of allylic oxidation sites excluding steroid dienone is 1. The first kappa shape index (κ1) is 13.0. The van der Waals surface area contributed by atoms with Crippen LogP contribution in [0, 0.1) is 11.3 Å². The Morgan fingerprint density at radius 3 is 2.68 bits per heavy atom. The van der Waals surface area contributed by atoms with Crippen molar-refractivity contribution in [3.8, 4) is 17.5 Å². The first-order chi connectivity index (χ1) is 9.26. The van der Waals surface area contributed by atoms with Crippen LogP contribution >= 0.6 is 0 Å². The number of nitrogens with zero attached hydrogens (tertiary/aromatic N) is 4. The summed E-state index contributed by atoms with van der Waals surface area (Å²) in [6.07, 6.45) is 4.82. The molecule has 19 heavy (non-hydrogen) atoms. The van der Waals surface area contributed by atoms with E-state index in [0.717, 1.165) is 36.5 Å². The summed E-state index contributed by atoms with van der Waals surface area (Å²) in [6, 6.07) is 9.49. The van der Waals surface area contributed by atoms with Crippen LogP contribution in [0.3, 0.4) is 0 Å². The van der Waals surface area contributed by atoms with Crippen LogP contribution in [0.5, 0.6) is 0 Å². The maximum Gasteiger partial charge on any atom is 0.163 e. The van der Waals surface area contributed by atoms with Gasteiger partial charge >= 0.3 is 0 Å². The van der Waals surface area contributed by atoms with E-state index in [-0.39, 0.29) is 0 Å². The molecule has 2 aromatic rings. The normalized spacial score (nSPS) is 10.1. The van der Waals surface area contributed by atoms with Crippen molar-refractivity contribution in [1.29, 1.82) is 5.26 Å². The molecule has 0 unspecified atom stereocenters. The summed E-state index contributed by atoms with van der Waals surface area (Å²) in [6.45, 7) is 3.71. The monoisotopic (exact) mass is 252 g/mol. The lowest BCUT2D eigenvalue weighted by atomic mass is 10.1. The molecule has 1 aromatic heterocycles. The highest BCUT2D eigenvalue weighted by Gasteiger charge is 2.10. The fourth-order valence-electron chi connectivity index (χ4n) is 1.93. The Morgan fingerprint density at radius 1 is 1.32 bits per heavy atom.